The Morgan fingerprint density at radius 2 is 1.91 bits per heavy atom. The molecule has 120 valence electrons. The Hall–Kier alpha value is -2.04. The first-order chi connectivity index (χ1) is 10.2. The summed E-state index contributed by atoms with van der Waals surface area (Å²) in [6.45, 7) is 9.55. The number of hydrogen-bond donors (Lipinski definition) is 2. The van der Waals surface area contributed by atoms with Crippen molar-refractivity contribution in [3.8, 4) is 5.75 Å². The van der Waals surface area contributed by atoms with Gasteiger partial charge < -0.3 is 15.4 Å². The molecule has 2 N–H and O–H groups in total. The Morgan fingerprint density at radius 1 is 1.27 bits per heavy atom. The smallest absolute Gasteiger partial charge is 0.262 e. The highest BCUT2D eigenvalue weighted by Gasteiger charge is 2.36. The molecule has 0 bridgehead atoms. The SMILES string of the molecule is CC(C)C1Oc2ccccc2C(C(=O)NC(C)(C)C)NC1=O. The molecule has 5 heteroatoms. The van der Waals surface area contributed by atoms with Gasteiger partial charge in [0, 0.05) is 11.1 Å². The molecular weight excluding hydrogens is 280 g/mol. The van der Waals surface area contributed by atoms with E-state index in [4.69, 9.17) is 4.74 Å². The zero-order chi connectivity index (χ0) is 16.5. The van der Waals surface area contributed by atoms with Crippen LogP contribution in [0.25, 0.3) is 0 Å². The Kier molecular flexibility index (Phi) is 4.44. The number of carbonyl (C=O) groups excluding carboxylic acids is 2. The second kappa shape index (κ2) is 5.99. The van der Waals surface area contributed by atoms with Gasteiger partial charge in [-0.3, -0.25) is 9.59 Å². The molecule has 0 saturated carbocycles. The molecule has 1 aromatic carbocycles. The summed E-state index contributed by atoms with van der Waals surface area (Å²) in [6.07, 6.45) is -0.603. The van der Waals surface area contributed by atoms with Crippen molar-refractivity contribution in [3.63, 3.8) is 0 Å². The summed E-state index contributed by atoms with van der Waals surface area (Å²) in [5.74, 6) is 0.0904. The van der Waals surface area contributed by atoms with Gasteiger partial charge in [-0.25, -0.2) is 0 Å². The molecule has 0 aromatic heterocycles. The van der Waals surface area contributed by atoms with E-state index in [0.29, 0.717) is 11.3 Å². The fraction of sp³-hybridized carbons (Fsp3) is 0.529. The maximum atomic E-state index is 12.6. The molecule has 1 aromatic rings. The first-order valence-corrected chi connectivity index (χ1v) is 7.57. The van der Waals surface area contributed by atoms with Crippen LogP contribution in [0.5, 0.6) is 5.75 Å². The topological polar surface area (TPSA) is 67.4 Å². The fourth-order valence-electron chi connectivity index (χ4n) is 2.41. The number of amides is 2. The number of para-hydroxylation sites is 1. The third-order valence-electron chi connectivity index (χ3n) is 3.39. The Labute approximate surface area is 131 Å². The lowest BCUT2D eigenvalue weighted by Crippen LogP contribution is -2.49. The Balaban J connectivity index is 2.38. The van der Waals surface area contributed by atoms with Crippen LogP contribution in [0.15, 0.2) is 24.3 Å². The van der Waals surface area contributed by atoms with Gasteiger partial charge in [0.25, 0.3) is 5.91 Å². The molecule has 0 aliphatic carbocycles. The van der Waals surface area contributed by atoms with Crippen LogP contribution >= 0.6 is 0 Å². The molecule has 1 aliphatic heterocycles. The van der Waals surface area contributed by atoms with Crippen molar-refractivity contribution in [1.29, 1.82) is 0 Å². The van der Waals surface area contributed by atoms with E-state index >= 15 is 0 Å². The van der Waals surface area contributed by atoms with Crippen LogP contribution in [0.1, 0.15) is 46.2 Å². The summed E-state index contributed by atoms with van der Waals surface area (Å²) in [4.78, 5) is 25.0. The monoisotopic (exact) mass is 304 g/mol. The van der Waals surface area contributed by atoms with Crippen LogP contribution < -0.4 is 15.4 Å². The molecule has 1 aliphatic rings. The lowest BCUT2D eigenvalue weighted by atomic mass is 10.0. The van der Waals surface area contributed by atoms with E-state index in [2.05, 4.69) is 10.6 Å². The van der Waals surface area contributed by atoms with Crippen LogP contribution in [0.3, 0.4) is 0 Å². The summed E-state index contributed by atoms with van der Waals surface area (Å²) in [6, 6.07) is 6.53. The maximum Gasteiger partial charge on any atom is 0.262 e. The van der Waals surface area contributed by atoms with Crippen molar-refractivity contribution in [2.24, 2.45) is 5.92 Å². The fourth-order valence-corrected chi connectivity index (χ4v) is 2.41. The van der Waals surface area contributed by atoms with Gasteiger partial charge in [0.15, 0.2) is 6.10 Å². The van der Waals surface area contributed by atoms with E-state index in [1.165, 1.54) is 0 Å². The molecule has 2 unspecified atom stereocenters. The van der Waals surface area contributed by atoms with Gasteiger partial charge >= 0.3 is 0 Å². The lowest BCUT2D eigenvalue weighted by molar-refractivity contribution is -0.134. The minimum atomic E-state index is -0.744. The predicted molar refractivity (Wildman–Crippen MR) is 84.5 cm³/mol. The van der Waals surface area contributed by atoms with E-state index in [1.807, 2.05) is 52.8 Å². The third-order valence-corrected chi connectivity index (χ3v) is 3.39. The third kappa shape index (κ3) is 3.59. The number of ether oxygens (including phenoxy) is 1. The van der Waals surface area contributed by atoms with Crippen molar-refractivity contribution in [1.82, 2.24) is 10.6 Å². The van der Waals surface area contributed by atoms with Crippen molar-refractivity contribution >= 4 is 11.8 Å². The summed E-state index contributed by atoms with van der Waals surface area (Å²) < 4.78 is 5.85. The highest BCUT2D eigenvalue weighted by Crippen LogP contribution is 2.30. The molecule has 0 fully saturated rings. The average Bonchev–Trinajstić information content (AvgIpc) is 2.54. The van der Waals surface area contributed by atoms with Crippen LogP contribution in [-0.2, 0) is 9.59 Å². The van der Waals surface area contributed by atoms with E-state index < -0.39 is 12.1 Å². The zero-order valence-electron chi connectivity index (χ0n) is 13.8. The molecule has 1 heterocycles. The quantitative estimate of drug-likeness (QED) is 0.880. The minimum absolute atomic E-state index is 0.0116. The number of fused-ring (bicyclic) bond motifs is 1. The van der Waals surface area contributed by atoms with Crippen LogP contribution in [-0.4, -0.2) is 23.5 Å². The van der Waals surface area contributed by atoms with Gasteiger partial charge in [0.05, 0.1) is 0 Å². The molecule has 5 nitrogen and oxygen atoms in total. The van der Waals surface area contributed by atoms with Crippen LogP contribution in [0.2, 0.25) is 0 Å². The number of hydrogen-bond acceptors (Lipinski definition) is 3. The summed E-state index contributed by atoms with van der Waals surface area (Å²) in [5.41, 5.74) is 0.308. The van der Waals surface area contributed by atoms with Gasteiger partial charge in [-0.15, -0.1) is 0 Å². The van der Waals surface area contributed by atoms with Crippen molar-refractivity contribution in [2.45, 2.75) is 52.3 Å². The summed E-state index contributed by atoms with van der Waals surface area (Å²) >= 11 is 0. The predicted octanol–water partition coefficient (Wildman–Crippen LogP) is 2.18. The standard InChI is InChI=1S/C17H24N2O3/c1-10(2)14-16(21)18-13(15(20)19-17(3,4)5)11-8-6-7-9-12(11)22-14/h6-10,13-14H,1-5H3,(H,18,21)(H,19,20). The molecular formula is C17H24N2O3. The molecule has 2 atom stereocenters. The van der Waals surface area contributed by atoms with Gasteiger partial charge in [-0.1, -0.05) is 32.0 Å². The molecule has 22 heavy (non-hydrogen) atoms. The molecule has 2 amide bonds. The zero-order valence-corrected chi connectivity index (χ0v) is 13.8. The van der Waals surface area contributed by atoms with Gasteiger partial charge in [-0.05, 0) is 32.8 Å². The van der Waals surface area contributed by atoms with Gasteiger partial charge in [-0.2, -0.15) is 0 Å². The van der Waals surface area contributed by atoms with Crippen LogP contribution in [0, 0.1) is 5.92 Å². The van der Waals surface area contributed by atoms with Gasteiger partial charge in [0.2, 0.25) is 5.91 Å². The van der Waals surface area contributed by atoms with E-state index in [9.17, 15) is 9.59 Å². The highest BCUT2D eigenvalue weighted by atomic mass is 16.5. The Morgan fingerprint density at radius 3 is 2.50 bits per heavy atom. The van der Waals surface area contributed by atoms with Crippen molar-refractivity contribution in [2.75, 3.05) is 0 Å². The average molecular weight is 304 g/mol. The van der Waals surface area contributed by atoms with E-state index in [1.54, 1.807) is 6.07 Å². The van der Waals surface area contributed by atoms with Crippen molar-refractivity contribution in [3.05, 3.63) is 29.8 Å². The van der Waals surface area contributed by atoms with E-state index in [0.717, 1.165) is 0 Å². The van der Waals surface area contributed by atoms with E-state index in [-0.39, 0.29) is 23.3 Å². The maximum absolute atomic E-state index is 12.6. The van der Waals surface area contributed by atoms with Crippen molar-refractivity contribution < 1.29 is 14.3 Å². The minimum Gasteiger partial charge on any atom is -0.480 e. The molecule has 0 spiro atoms. The molecule has 2 rings (SSSR count). The second-order valence-electron chi connectivity index (χ2n) is 7.00. The number of rotatable bonds is 2. The Bertz CT molecular complexity index is 576. The normalized spacial score (nSPS) is 21.5. The largest absolute Gasteiger partial charge is 0.480 e. The second-order valence-corrected chi connectivity index (χ2v) is 7.00. The lowest BCUT2D eigenvalue weighted by Gasteiger charge is -2.25. The highest BCUT2D eigenvalue weighted by molar-refractivity contribution is 5.92. The number of nitrogens with one attached hydrogen (secondary N) is 2. The van der Waals surface area contributed by atoms with Gasteiger partial charge in [0.1, 0.15) is 11.8 Å². The number of carbonyl (C=O) groups is 2. The summed E-state index contributed by atoms with van der Waals surface area (Å²) in [5, 5.41) is 5.73. The molecule has 0 radical (unpaired) electrons. The first-order valence-electron chi connectivity index (χ1n) is 7.57. The summed E-state index contributed by atoms with van der Waals surface area (Å²) in [7, 11) is 0. The van der Waals surface area contributed by atoms with Crippen LogP contribution in [0.4, 0.5) is 0 Å². The first kappa shape index (κ1) is 16.3. The number of benzene rings is 1. The molecule has 0 saturated heterocycles.